The molecule has 3 nitrogen and oxygen atoms in total. The quantitative estimate of drug-likeness (QED) is 0.485. The minimum absolute atomic E-state index is 0.0122. The van der Waals surface area contributed by atoms with Crippen LogP contribution in [0.4, 0.5) is 13.2 Å². The minimum atomic E-state index is -4.15. The molecule has 3 N–H and O–H groups in total. The lowest BCUT2D eigenvalue weighted by Crippen LogP contribution is -2.12. The second-order valence-corrected chi connectivity index (χ2v) is 3.96. The molecule has 0 heterocycles. The van der Waals surface area contributed by atoms with Crippen molar-refractivity contribution in [3.63, 3.8) is 0 Å². The third-order valence-corrected chi connectivity index (χ3v) is 2.36. The van der Waals surface area contributed by atoms with Gasteiger partial charge in [-0.1, -0.05) is 12.1 Å². The summed E-state index contributed by atoms with van der Waals surface area (Å²) in [5, 5.41) is 7.27. The molecule has 0 saturated heterocycles. The number of benzene rings is 1. The molecule has 0 unspecified atom stereocenters. The first kappa shape index (κ1) is 14.3. The van der Waals surface area contributed by atoms with Crippen molar-refractivity contribution in [3.05, 3.63) is 29.3 Å². The van der Waals surface area contributed by atoms with Crippen LogP contribution in [0.25, 0.3) is 0 Å². The maximum atomic E-state index is 11.9. The minimum Gasteiger partial charge on any atom is -0.493 e. The van der Waals surface area contributed by atoms with Gasteiger partial charge in [0, 0.05) is 12.0 Å². The van der Waals surface area contributed by atoms with Crippen LogP contribution in [0.3, 0.4) is 0 Å². The molecule has 0 atom stereocenters. The summed E-state index contributed by atoms with van der Waals surface area (Å²) < 4.78 is 41.1. The van der Waals surface area contributed by atoms with E-state index in [1.807, 2.05) is 0 Å². The number of nitrogens with one attached hydrogen (secondary N) is 1. The van der Waals surface area contributed by atoms with Gasteiger partial charge in [-0.25, -0.2) is 0 Å². The number of halogens is 3. The van der Waals surface area contributed by atoms with E-state index in [9.17, 15) is 13.2 Å². The van der Waals surface area contributed by atoms with Gasteiger partial charge in [-0.15, -0.1) is 0 Å². The van der Waals surface area contributed by atoms with Gasteiger partial charge < -0.3 is 10.5 Å². The number of rotatable bonds is 5. The highest BCUT2D eigenvalue weighted by Crippen LogP contribution is 2.23. The van der Waals surface area contributed by atoms with Crippen LogP contribution < -0.4 is 10.5 Å². The van der Waals surface area contributed by atoms with Crippen molar-refractivity contribution in [2.75, 3.05) is 6.61 Å². The van der Waals surface area contributed by atoms with Gasteiger partial charge >= 0.3 is 6.18 Å². The van der Waals surface area contributed by atoms with Gasteiger partial charge in [-0.2, -0.15) is 13.2 Å². The first-order valence-corrected chi connectivity index (χ1v) is 5.44. The topological polar surface area (TPSA) is 59.1 Å². The zero-order valence-electron chi connectivity index (χ0n) is 9.97. The molecule has 0 aliphatic rings. The van der Waals surface area contributed by atoms with E-state index >= 15 is 0 Å². The lowest BCUT2D eigenvalue weighted by molar-refractivity contribution is -0.136. The highest BCUT2D eigenvalue weighted by Gasteiger charge is 2.26. The van der Waals surface area contributed by atoms with Crippen LogP contribution in [-0.4, -0.2) is 18.6 Å². The van der Waals surface area contributed by atoms with Gasteiger partial charge in [0.25, 0.3) is 0 Å². The molecule has 6 heteroatoms. The lowest BCUT2D eigenvalue weighted by atomic mass is 10.1. The number of nitrogens with two attached hydrogens (primary N) is 1. The van der Waals surface area contributed by atoms with Crippen LogP contribution in [0.2, 0.25) is 0 Å². The van der Waals surface area contributed by atoms with Crippen molar-refractivity contribution < 1.29 is 17.9 Å². The van der Waals surface area contributed by atoms with Crippen LogP contribution in [-0.2, 0) is 0 Å². The Hall–Kier alpha value is -1.72. The van der Waals surface area contributed by atoms with Crippen molar-refractivity contribution in [2.24, 2.45) is 5.73 Å². The molecule has 18 heavy (non-hydrogen) atoms. The van der Waals surface area contributed by atoms with Crippen LogP contribution in [0, 0.1) is 12.3 Å². The third kappa shape index (κ3) is 4.65. The number of amidine groups is 1. The van der Waals surface area contributed by atoms with Crippen molar-refractivity contribution >= 4 is 5.84 Å². The third-order valence-electron chi connectivity index (χ3n) is 2.36. The fourth-order valence-corrected chi connectivity index (χ4v) is 1.38. The molecule has 0 spiro atoms. The summed E-state index contributed by atoms with van der Waals surface area (Å²) in [5.41, 5.74) is 6.61. The van der Waals surface area contributed by atoms with Crippen LogP contribution in [0.5, 0.6) is 5.75 Å². The maximum Gasteiger partial charge on any atom is 0.389 e. The zero-order chi connectivity index (χ0) is 13.8. The SMILES string of the molecule is Cc1ccc(C(=N)N)cc1OCCCC(F)(F)F. The molecular weight excluding hydrogens is 245 g/mol. The molecule has 1 aromatic carbocycles. The molecule has 0 fully saturated rings. The summed E-state index contributed by atoms with van der Waals surface area (Å²) >= 11 is 0. The predicted octanol–water partition coefficient (Wildman–Crippen LogP) is 3.00. The second kappa shape index (κ2) is 5.75. The molecule has 0 aromatic heterocycles. The molecule has 0 bridgehead atoms. The Morgan fingerprint density at radius 3 is 2.61 bits per heavy atom. The number of hydrogen-bond acceptors (Lipinski definition) is 2. The average Bonchev–Trinajstić information content (AvgIpc) is 2.24. The Labute approximate surface area is 103 Å². The molecule has 0 aliphatic heterocycles. The Bertz CT molecular complexity index is 430. The van der Waals surface area contributed by atoms with Crippen molar-refractivity contribution in [2.45, 2.75) is 25.9 Å². The Morgan fingerprint density at radius 2 is 2.06 bits per heavy atom. The Balaban J connectivity index is 2.56. The summed E-state index contributed by atoms with van der Waals surface area (Å²) in [4.78, 5) is 0. The van der Waals surface area contributed by atoms with Gasteiger partial charge in [-0.3, -0.25) is 5.41 Å². The number of hydrogen-bond donors (Lipinski definition) is 2. The normalized spacial score (nSPS) is 11.3. The van der Waals surface area contributed by atoms with E-state index in [2.05, 4.69) is 0 Å². The van der Waals surface area contributed by atoms with Crippen LogP contribution >= 0.6 is 0 Å². The summed E-state index contributed by atoms with van der Waals surface area (Å²) in [6, 6.07) is 4.95. The summed E-state index contributed by atoms with van der Waals surface area (Å²) in [7, 11) is 0. The van der Waals surface area contributed by atoms with E-state index in [0.29, 0.717) is 11.3 Å². The van der Waals surface area contributed by atoms with Crippen molar-refractivity contribution in [1.82, 2.24) is 0 Å². The van der Waals surface area contributed by atoms with E-state index in [1.165, 1.54) is 0 Å². The molecule has 1 aromatic rings. The Morgan fingerprint density at radius 1 is 1.39 bits per heavy atom. The fourth-order valence-electron chi connectivity index (χ4n) is 1.38. The van der Waals surface area contributed by atoms with Crippen molar-refractivity contribution in [1.29, 1.82) is 5.41 Å². The number of ether oxygens (including phenoxy) is 1. The fraction of sp³-hybridized carbons (Fsp3) is 0.417. The first-order chi connectivity index (χ1) is 8.29. The highest BCUT2D eigenvalue weighted by atomic mass is 19.4. The maximum absolute atomic E-state index is 11.9. The number of nitrogen functional groups attached to an aromatic ring is 1. The van der Waals surface area contributed by atoms with E-state index < -0.39 is 12.6 Å². The molecule has 0 saturated carbocycles. The summed E-state index contributed by atoms with van der Waals surface area (Å²) in [6.07, 6.45) is -5.11. The van der Waals surface area contributed by atoms with Gasteiger partial charge in [0.2, 0.25) is 0 Å². The number of aryl methyl sites for hydroxylation is 1. The molecule has 0 aliphatic carbocycles. The molecular formula is C12H15F3N2O. The number of alkyl halides is 3. The molecule has 100 valence electrons. The Kier molecular flexibility index (Phi) is 4.58. The van der Waals surface area contributed by atoms with Crippen molar-refractivity contribution in [3.8, 4) is 5.75 Å². The van der Waals surface area contributed by atoms with Gasteiger partial charge in [0.05, 0.1) is 6.61 Å². The molecule has 1 rings (SSSR count). The largest absolute Gasteiger partial charge is 0.493 e. The zero-order valence-corrected chi connectivity index (χ0v) is 9.97. The summed E-state index contributed by atoms with van der Waals surface area (Å²) in [6.45, 7) is 1.77. The van der Waals surface area contributed by atoms with Gasteiger partial charge in [-0.05, 0) is 25.0 Å². The average molecular weight is 260 g/mol. The predicted molar refractivity (Wildman–Crippen MR) is 63.0 cm³/mol. The standard InChI is InChI=1S/C12H15F3N2O/c1-8-3-4-9(11(16)17)7-10(8)18-6-2-5-12(13,14)15/h3-4,7H,2,5-6H2,1H3,(H3,16,17). The van der Waals surface area contributed by atoms with E-state index in [0.717, 1.165) is 5.56 Å². The first-order valence-electron chi connectivity index (χ1n) is 5.44. The summed E-state index contributed by atoms with van der Waals surface area (Å²) in [5.74, 6) is 0.361. The lowest BCUT2D eigenvalue weighted by Gasteiger charge is -2.11. The monoisotopic (exact) mass is 260 g/mol. The van der Waals surface area contributed by atoms with E-state index in [1.54, 1.807) is 25.1 Å². The molecule has 0 radical (unpaired) electrons. The van der Waals surface area contributed by atoms with E-state index in [-0.39, 0.29) is 18.9 Å². The van der Waals surface area contributed by atoms with Crippen LogP contribution in [0.1, 0.15) is 24.0 Å². The van der Waals surface area contributed by atoms with Gasteiger partial charge in [0.1, 0.15) is 11.6 Å². The highest BCUT2D eigenvalue weighted by molar-refractivity contribution is 5.95. The smallest absolute Gasteiger partial charge is 0.389 e. The van der Waals surface area contributed by atoms with E-state index in [4.69, 9.17) is 15.9 Å². The second-order valence-electron chi connectivity index (χ2n) is 3.96. The van der Waals surface area contributed by atoms with Crippen LogP contribution in [0.15, 0.2) is 18.2 Å². The molecule has 0 amide bonds. The van der Waals surface area contributed by atoms with Gasteiger partial charge in [0.15, 0.2) is 0 Å².